The Labute approximate surface area is 172 Å². The number of carbonyl (C=O) groups excluding carboxylic acids is 1. The summed E-state index contributed by atoms with van der Waals surface area (Å²) in [6, 6.07) is 13.3. The van der Waals surface area contributed by atoms with E-state index in [1.807, 2.05) is 31.2 Å². The first kappa shape index (κ1) is 22.7. The van der Waals surface area contributed by atoms with Crippen LogP contribution in [0.15, 0.2) is 53.4 Å². The van der Waals surface area contributed by atoms with Crippen molar-refractivity contribution in [3.05, 3.63) is 54.1 Å². The van der Waals surface area contributed by atoms with Gasteiger partial charge in [0.25, 0.3) is 5.91 Å². The standard InChI is InChI=1S/C21H28N2O5S/c1-5-23(6-2)29(25,26)18-13-11-17(12-14-18)28-15-21(24)22-16(3)19-9-7-8-10-20(19)27-4/h7-14,16H,5-6,15H2,1-4H3,(H,22,24)/t16-/m0/s1. The van der Waals surface area contributed by atoms with Crippen LogP contribution in [-0.2, 0) is 14.8 Å². The highest BCUT2D eigenvalue weighted by Gasteiger charge is 2.21. The smallest absolute Gasteiger partial charge is 0.258 e. The van der Waals surface area contributed by atoms with Crippen LogP contribution in [0.5, 0.6) is 11.5 Å². The van der Waals surface area contributed by atoms with Crippen molar-refractivity contribution in [3.8, 4) is 11.5 Å². The molecule has 0 unspecified atom stereocenters. The normalized spacial score (nSPS) is 12.4. The van der Waals surface area contributed by atoms with Gasteiger partial charge in [-0.15, -0.1) is 0 Å². The molecule has 0 spiro atoms. The second kappa shape index (κ2) is 10.3. The maximum absolute atomic E-state index is 12.5. The van der Waals surface area contributed by atoms with Gasteiger partial charge in [-0.05, 0) is 37.3 Å². The number of carbonyl (C=O) groups is 1. The summed E-state index contributed by atoms with van der Waals surface area (Å²) < 4.78 is 37.2. The third kappa shape index (κ3) is 5.71. The number of benzene rings is 2. The minimum absolute atomic E-state index is 0.179. The molecule has 0 fully saturated rings. The minimum atomic E-state index is -3.52. The van der Waals surface area contributed by atoms with Gasteiger partial charge in [-0.1, -0.05) is 32.0 Å². The molecule has 29 heavy (non-hydrogen) atoms. The topological polar surface area (TPSA) is 84.9 Å². The number of nitrogens with zero attached hydrogens (tertiary/aromatic N) is 1. The average molecular weight is 421 g/mol. The lowest BCUT2D eigenvalue weighted by molar-refractivity contribution is -0.123. The Hall–Kier alpha value is -2.58. The quantitative estimate of drug-likeness (QED) is 0.639. The first-order valence-electron chi connectivity index (χ1n) is 9.48. The van der Waals surface area contributed by atoms with Crippen LogP contribution < -0.4 is 14.8 Å². The van der Waals surface area contributed by atoms with Gasteiger partial charge in [0, 0.05) is 18.7 Å². The molecule has 0 aromatic heterocycles. The van der Waals surface area contributed by atoms with E-state index in [1.165, 1.54) is 16.4 Å². The van der Waals surface area contributed by atoms with Crippen LogP contribution in [-0.4, -0.2) is 45.4 Å². The van der Waals surface area contributed by atoms with Gasteiger partial charge in [-0.2, -0.15) is 4.31 Å². The van der Waals surface area contributed by atoms with E-state index >= 15 is 0 Å². The van der Waals surface area contributed by atoms with E-state index in [1.54, 1.807) is 33.1 Å². The molecule has 0 bridgehead atoms. The van der Waals surface area contributed by atoms with Crippen LogP contribution >= 0.6 is 0 Å². The Bertz CT molecular complexity index is 909. The molecule has 2 aromatic rings. The van der Waals surface area contributed by atoms with Gasteiger partial charge in [0.2, 0.25) is 10.0 Å². The summed E-state index contributed by atoms with van der Waals surface area (Å²) in [6.07, 6.45) is 0. The molecule has 0 radical (unpaired) electrons. The summed E-state index contributed by atoms with van der Waals surface area (Å²) in [5, 5.41) is 2.86. The number of amides is 1. The van der Waals surface area contributed by atoms with E-state index in [2.05, 4.69) is 5.32 Å². The Morgan fingerprint density at radius 1 is 1.07 bits per heavy atom. The van der Waals surface area contributed by atoms with Crippen molar-refractivity contribution in [1.29, 1.82) is 0 Å². The molecule has 0 aliphatic rings. The van der Waals surface area contributed by atoms with Crippen molar-refractivity contribution in [2.75, 3.05) is 26.8 Å². The molecule has 1 N–H and O–H groups in total. The zero-order chi connectivity index (χ0) is 21.4. The fourth-order valence-electron chi connectivity index (χ4n) is 2.95. The Morgan fingerprint density at radius 2 is 1.69 bits per heavy atom. The van der Waals surface area contributed by atoms with Gasteiger partial charge < -0.3 is 14.8 Å². The number of nitrogens with one attached hydrogen (secondary N) is 1. The molecule has 1 atom stereocenters. The van der Waals surface area contributed by atoms with Crippen molar-refractivity contribution in [2.45, 2.75) is 31.7 Å². The number of hydrogen-bond acceptors (Lipinski definition) is 5. The maximum Gasteiger partial charge on any atom is 0.258 e. The number of para-hydroxylation sites is 1. The van der Waals surface area contributed by atoms with Crippen LogP contribution in [0.4, 0.5) is 0 Å². The van der Waals surface area contributed by atoms with Gasteiger partial charge in [0.15, 0.2) is 6.61 Å². The van der Waals surface area contributed by atoms with Crippen LogP contribution in [0.1, 0.15) is 32.4 Å². The average Bonchev–Trinajstić information content (AvgIpc) is 2.73. The minimum Gasteiger partial charge on any atom is -0.496 e. The highest BCUT2D eigenvalue weighted by atomic mass is 32.2. The number of rotatable bonds is 10. The zero-order valence-electron chi connectivity index (χ0n) is 17.2. The van der Waals surface area contributed by atoms with Crippen molar-refractivity contribution in [2.24, 2.45) is 0 Å². The van der Waals surface area contributed by atoms with Crippen molar-refractivity contribution in [3.63, 3.8) is 0 Å². The monoisotopic (exact) mass is 420 g/mol. The van der Waals surface area contributed by atoms with Crippen molar-refractivity contribution in [1.82, 2.24) is 9.62 Å². The highest BCUT2D eigenvalue weighted by molar-refractivity contribution is 7.89. The van der Waals surface area contributed by atoms with Crippen molar-refractivity contribution < 1.29 is 22.7 Å². The molecule has 0 aliphatic heterocycles. The van der Waals surface area contributed by atoms with E-state index < -0.39 is 10.0 Å². The van der Waals surface area contributed by atoms with Crippen LogP contribution in [0.3, 0.4) is 0 Å². The highest BCUT2D eigenvalue weighted by Crippen LogP contribution is 2.24. The molecular formula is C21H28N2O5S. The van der Waals surface area contributed by atoms with Gasteiger partial charge >= 0.3 is 0 Å². The lowest BCUT2D eigenvalue weighted by Gasteiger charge is -2.19. The second-order valence-electron chi connectivity index (χ2n) is 6.38. The third-order valence-electron chi connectivity index (χ3n) is 4.52. The molecule has 2 rings (SSSR count). The summed E-state index contributed by atoms with van der Waals surface area (Å²) in [5.74, 6) is 0.832. The maximum atomic E-state index is 12.5. The molecular weight excluding hydrogens is 392 g/mol. The molecule has 2 aromatic carbocycles. The Morgan fingerprint density at radius 3 is 2.28 bits per heavy atom. The van der Waals surface area contributed by atoms with E-state index in [0.29, 0.717) is 24.6 Å². The second-order valence-corrected chi connectivity index (χ2v) is 8.32. The van der Waals surface area contributed by atoms with Gasteiger partial charge in [0.05, 0.1) is 18.0 Å². The molecule has 0 aliphatic carbocycles. The number of sulfonamides is 1. The molecule has 158 valence electrons. The van der Waals surface area contributed by atoms with E-state index in [-0.39, 0.29) is 23.5 Å². The first-order valence-corrected chi connectivity index (χ1v) is 10.9. The summed E-state index contributed by atoms with van der Waals surface area (Å²) in [7, 11) is -1.93. The van der Waals surface area contributed by atoms with Gasteiger partial charge in [-0.25, -0.2) is 8.42 Å². The summed E-state index contributed by atoms with van der Waals surface area (Å²) in [4.78, 5) is 12.4. The molecule has 1 amide bonds. The SMILES string of the molecule is CCN(CC)S(=O)(=O)c1ccc(OCC(=O)N[C@@H](C)c2ccccc2OC)cc1. The number of ether oxygens (including phenoxy) is 2. The molecule has 0 saturated heterocycles. The summed E-state index contributed by atoms with van der Waals surface area (Å²) in [6.45, 7) is 6.08. The molecule has 0 saturated carbocycles. The predicted octanol–water partition coefficient (Wildman–Crippen LogP) is 2.98. The summed E-state index contributed by atoms with van der Waals surface area (Å²) in [5.41, 5.74) is 0.870. The number of hydrogen-bond donors (Lipinski definition) is 1. The van der Waals surface area contributed by atoms with Crippen LogP contribution in [0.2, 0.25) is 0 Å². The molecule has 8 heteroatoms. The Kier molecular flexibility index (Phi) is 8.04. The van der Waals surface area contributed by atoms with Gasteiger partial charge in [-0.3, -0.25) is 4.79 Å². The lowest BCUT2D eigenvalue weighted by Crippen LogP contribution is -2.31. The largest absolute Gasteiger partial charge is 0.496 e. The summed E-state index contributed by atoms with van der Waals surface area (Å²) >= 11 is 0. The van der Waals surface area contributed by atoms with Crippen molar-refractivity contribution >= 4 is 15.9 Å². The zero-order valence-corrected chi connectivity index (χ0v) is 18.0. The molecule has 7 nitrogen and oxygen atoms in total. The van der Waals surface area contributed by atoms with Crippen LogP contribution in [0.25, 0.3) is 0 Å². The molecule has 0 heterocycles. The fourth-order valence-corrected chi connectivity index (χ4v) is 4.41. The van der Waals surface area contributed by atoms with Crippen LogP contribution in [0, 0.1) is 0 Å². The third-order valence-corrected chi connectivity index (χ3v) is 6.58. The Balaban J connectivity index is 1.95. The van der Waals surface area contributed by atoms with E-state index in [0.717, 1.165) is 5.56 Å². The fraction of sp³-hybridized carbons (Fsp3) is 0.381. The predicted molar refractivity (Wildman–Crippen MR) is 112 cm³/mol. The number of methoxy groups -OCH3 is 1. The van der Waals surface area contributed by atoms with E-state index in [9.17, 15) is 13.2 Å². The lowest BCUT2D eigenvalue weighted by atomic mass is 10.1. The van der Waals surface area contributed by atoms with E-state index in [4.69, 9.17) is 9.47 Å². The first-order chi connectivity index (χ1) is 13.8. The van der Waals surface area contributed by atoms with Gasteiger partial charge in [0.1, 0.15) is 11.5 Å².